The molecule has 4 saturated heterocycles. The summed E-state index contributed by atoms with van der Waals surface area (Å²) >= 11 is 0. The third kappa shape index (κ3) is 6.54. The van der Waals surface area contributed by atoms with Crippen molar-refractivity contribution in [3.8, 4) is 0 Å². The Bertz CT molecular complexity index is 868. The monoisotopic (exact) mass is 568 g/mol. The molecule has 4 aliphatic rings. The van der Waals surface area contributed by atoms with E-state index in [4.69, 9.17) is 48.1 Å². The summed E-state index contributed by atoms with van der Waals surface area (Å²) in [5.41, 5.74) is -3.09. The third-order valence-electron chi connectivity index (χ3n) is 6.76. The lowest BCUT2D eigenvalue weighted by Gasteiger charge is -2.67. The van der Waals surface area contributed by atoms with Gasteiger partial charge in [-0.1, -0.05) is 0 Å². The number of ether oxygens (including phenoxy) is 8. The van der Waals surface area contributed by atoms with Gasteiger partial charge in [-0.2, -0.15) is 0 Å². The van der Waals surface area contributed by atoms with Crippen LogP contribution in [0.15, 0.2) is 0 Å². The predicted molar refractivity (Wildman–Crippen MR) is 126 cm³/mol. The Balaban J connectivity index is 1.88. The Kier molecular flexibility index (Phi) is 9.99. The van der Waals surface area contributed by atoms with E-state index in [1.165, 1.54) is 13.8 Å². The van der Waals surface area contributed by atoms with E-state index in [-0.39, 0.29) is 12.7 Å². The Morgan fingerprint density at radius 1 is 0.769 bits per heavy atom. The van der Waals surface area contributed by atoms with Crippen LogP contribution in [0.1, 0.15) is 41.5 Å². The van der Waals surface area contributed by atoms with Crippen molar-refractivity contribution in [3.05, 3.63) is 0 Å². The first-order valence-corrected chi connectivity index (χ1v) is 12.7. The number of hydrogen-bond donors (Lipinski definition) is 5. The number of rotatable bonds is 14. The number of aliphatic hydroxyl groups is 3. The SMILES string of the molecule is CC(C)OC1OC2(COCC(=O)O)OC(C1O)C2(C)OC1OC(C)(COCC(=O)O)C(OC(C)C)C(O)C1O. The maximum Gasteiger partial charge on any atom is 0.329 e. The highest BCUT2D eigenvalue weighted by Gasteiger charge is 2.76. The quantitative estimate of drug-likeness (QED) is 0.167. The van der Waals surface area contributed by atoms with Crippen LogP contribution < -0.4 is 0 Å². The number of fused-ring (bicyclic) bond motifs is 2. The first-order chi connectivity index (χ1) is 18.0. The van der Waals surface area contributed by atoms with Gasteiger partial charge in [-0.15, -0.1) is 0 Å². The summed E-state index contributed by atoms with van der Waals surface area (Å²) in [6, 6.07) is 0. The molecule has 226 valence electrons. The van der Waals surface area contributed by atoms with Gasteiger partial charge in [-0.25, -0.2) is 9.59 Å². The van der Waals surface area contributed by atoms with Crippen LogP contribution in [0.2, 0.25) is 0 Å². The fourth-order valence-electron chi connectivity index (χ4n) is 4.96. The molecule has 4 fully saturated rings. The molecule has 0 aliphatic carbocycles. The van der Waals surface area contributed by atoms with Gasteiger partial charge in [0.1, 0.15) is 55.9 Å². The zero-order valence-corrected chi connectivity index (χ0v) is 22.8. The van der Waals surface area contributed by atoms with Gasteiger partial charge < -0.3 is 63.4 Å². The van der Waals surface area contributed by atoms with E-state index >= 15 is 0 Å². The molecule has 0 aromatic rings. The fourth-order valence-corrected chi connectivity index (χ4v) is 4.96. The van der Waals surface area contributed by atoms with E-state index < -0.39 is 98.0 Å². The van der Waals surface area contributed by atoms with Gasteiger partial charge in [-0.05, 0) is 41.5 Å². The highest BCUT2D eigenvalue weighted by atomic mass is 16.9. The minimum absolute atomic E-state index is 0.339. The Labute approximate surface area is 225 Å². The van der Waals surface area contributed by atoms with Crippen LogP contribution in [-0.4, -0.2) is 136 Å². The number of carboxylic acids is 2. The Morgan fingerprint density at radius 2 is 1.33 bits per heavy atom. The predicted octanol–water partition coefficient (Wildman–Crippen LogP) is -1.17. The van der Waals surface area contributed by atoms with E-state index in [1.54, 1.807) is 27.7 Å². The van der Waals surface area contributed by atoms with E-state index in [1.807, 2.05) is 0 Å². The normalized spacial score (nSPS) is 42.0. The second kappa shape index (κ2) is 12.2. The molecule has 2 bridgehead atoms. The zero-order chi connectivity index (χ0) is 29.3. The van der Waals surface area contributed by atoms with Crippen molar-refractivity contribution in [1.82, 2.24) is 0 Å². The van der Waals surface area contributed by atoms with Crippen LogP contribution in [-0.2, 0) is 47.5 Å². The fraction of sp³-hybridized carbons (Fsp3) is 0.917. The first kappa shape index (κ1) is 32.0. The van der Waals surface area contributed by atoms with E-state index in [9.17, 15) is 24.9 Å². The van der Waals surface area contributed by atoms with Crippen molar-refractivity contribution in [2.24, 2.45) is 0 Å². The Morgan fingerprint density at radius 3 is 1.87 bits per heavy atom. The van der Waals surface area contributed by atoms with Gasteiger partial charge in [0.25, 0.3) is 0 Å². The molecular formula is C24H40O15. The molecule has 0 spiro atoms. The van der Waals surface area contributed by atoms with E-state index in [0.29, 0.717) is 0 Å². The molecule has 0 radical (unpaired) electrons. The topological polar surface area (TPSA) is 209 Å². The summed E-state index contributed by atoms with van der Waals surface area (Å²) < 4.78 is 45.9. The zero-order valence-electron chi connectivity index (χ0n) is 22.8. The molecule has 15 heteroatoms. The van der Waals surface area contributed by atoms with Crippen molar-refractivity contribution >= 4 is 11.9 Å². The molecule has 10 atom stereocenters. The molecule has 0 amide bonds. The number of aliphatic carboxylic acids is 2. The smallest absolute Gasteiger partial charge is 0.329 e. The summed E-state index contributed by atoms with van der Waals surface area (Å²) in [5.74, 6) is -4.23. The van der Waals surface area contributed by atoms with Gasteiger partial charge in [-0.3, -0.25) is 0 Å². The van der Waals surface area contributed by atoms with Crippen molar-refractivity contribution in [1.29, 1.82) is 0 Å². The third-order valence-corrected chi connectivity index (χ3v) is 6.76. The van der Waals surface area contributed by atoms with Crippen LogP contribution >= 0.6 is 0 Å². The van der Waals surface area contributed by atoms with Crippen LogP contribution in [0.4, 0.5) is 0 Å². The maximum absolute atomic E-state index is 11.0. The summed E-state index contributed by atoms with van der Waals surface area (Å²) in [7, 11) is 0. The molecule has 4 aliphatic heterocycles. The van der Waals surface area contributed by atoms with Crippen molar-refractivity contribution in [2.75, 3.05) is 26.4 Å². The van der Waals surface area contributed by atoms with Gasteiger partial charge in [0, 0.05) is 0 Å². The largest absolute Gasteiger partial charge is 0.480 e. The molecule has 15 nitrogen and oxygen atoms in total. The molecule has 4 rings (SSSR count). The summed E-state index contributed by atoms with van der Waals surface area (Å²) in [5, 5.41) is 50.9. The molecule has 0 saturated carbocycles. The highest BCUT2D eigenvalue weighted by Crippen LogP contribution is 2.55. The summed E-state index contributed by atoms with van der Waals surface area (Å²) in [6.45, 7) is 7.79. The van der Waals surface area contributed by atoms with Gasteiger partial charge in [0.2, 0.25) is 5.79 Å². The number of carboxylic acid groups (broad SMARTS) is 2. The molecule has 0 aromatic carbocycles. The molecule has 10 unspecified atom stereocenters. The lowest BCUT2D eigenvalue weighted by atomic mass is 9.76. The summed E-state index contributed by atoms with van der Waals surface area (Å²) in [4.78, 5) is 22.0. The molecular weight excluding hydrogens is 528 g/mol. The maximum atomic E-state index is 11.0. The van der Waals surface area contributed by atoms with E-state index in [0.717, 1.165) is 0 Å². The van der Waals surface area contributed by atoms with Crippen LogP contribution in [0.5, 0.6) is 0 Å². The van der Waals surface area contributed by atoms with Crippen LogP contribution in [0.25, 0.3) is 0 Å². The standard InChI is InChI=1S/C24H40O15/c1-11(2)34-18-15(29)16(30)21(37-22(18,5)9-32-7-13(25)26)38-23(6)19-17(31)20(35-12(3)4)39-24(23,36-19)10-33-8-14(27)28/h11-12,15-21,29-31H,7-10H2,1-6H3,(H,25,26)(H,27,28). The second-order valence-corrected chi connectivity index (χ2v) is 10.8. The van der Waals surface area contributed by atoms with Gasteiger partial charge in [0.15, 0.2) is 18.2 Å². The molecule has 5 N–H and O–H groups in total. The lowest BCUT2D eigenvalue weighted by Crippen LogP contribution is -2.86. The minimum atomic E-state index is -1.78. The van der Waals surface area contributed by atoms with Crippen molar-refractivity contribution in [3.63, 3.8) is 0 Å². The molecule has 39 heavy (non-hydrogen) atoms. The number of aliphatic hydroxyl groups excluding tert-OH is 3. The average Bonchev–Trinajstić information content (AvgIpc) is 2.80. The number of hydrogen-bond acceptors (Lipinski definition) is 13. The molecule has 0 aromatic heterocycles. The molecule has 4 heterocycles. The van der Waals surface area contributed by atoms with Crippen molar-refractivity contribution in [2.45, 2.75) is 114 Å². The van der Waals surface area contributed by atoms with Crippen LogP contribution in [0.3, 0.4) is 0 Å². The minimum Gasteiger partial charge on any atom is -0.480 e. The van der Waals surface area contributed by atoms with Crippen LogP contribution in [0, 0.1) is 0 Å². The average molecular weight is 569 g/mol. The Hall–Kier alpha value is -1.50. The number of carbonyl (C=O) groups is 2. The van der Waals surface area contributed by atoms with Gasteiger partial charge >= 0.3 is 11.9 Å². The second-order valence-electron chi connectivity index (χ2n) is 10.8. The summed E-state index contributed by atoms with van der Waals surface area (Å²) in [6.07, 6.45) is -10.3. The highest BCUT2D eigenvalue weighted by molar-refractivity contribution is 5.68. The van der Waals surface area contributed by atoms with Crippen molar-refractivity contribution < 1.29 is 73.0 Å². The van der Waals surface area contributed by atoms with E-state index in [2.05, 4.69) is 0 Å². The lowest BCUT2D eigenvalue weighted by molar-refractivity contribution is -0.552. The van der Waals surface area contributed by atoms with Gasteiger partial charge in [0.05, 0.1) is 18.8 Å². The first-order valence-electron chi connectivity index (χ1n) is 12.7.